The summed E-state index contributed by atoms with van der Waals surface area (Å²) in [6.07, 6.45) is 1.20. The van der Waals surface area contributed by atoms with Crippen LogP contribution in [-0.2, 0) is 5.75 Å². The van der Waals surface area contributed by atoms with E-state index in [1.807, 2.05) is 30.3 Å². The molecule has 0 aliphatic rings. The molecule has 5 heteroatoms. The molecule has 3 nitrogen and oxygen atoms in total. The number of carbonyl (C=O) groups excluding carboxylic acids is 1. The van der Waals surface area contributed by atoms with Crippen molar-refractivity contribution in [1.29, 1.82) is 0 Å². The normalized spacial score (nSPS) is 9.65. The topological polar surface area (TPSA) is 53.3 Å². The van der Waals surface area contributed by atoms with Crippen molar-refractivity contribution in [2.75, 3.05) is 0 Å². The van der Waals surface area contributed by atoms with Crippen LogP contribution in [0.1, 0.15) is 16.1 Å². The van der Waals surface area contributed by atoms with Crippen molar-refractivity contribution >= 4 is 17.7 Å². The van der Waals surface area contributed by atoms with Crippen LogP contribution in [0.2, 0.25) is 0 Å². The predicted molar refractivity (Wildman–Crippen MR) is 59.0 cm³/mol. The summed E-state index contributed by atoms with van der Waals surface area (Å²) in [5.74, 6) is 0.0323. The van der Waals surface area contributed by atoms with Crippen LogP contribution in [0.25, 0.3) is 0 Å². The molecule has 1 aromatic heterocycles. The van der Waals surface area contributed by atoms with Crippen LogP contribution in [0.4, 0.5) is 0 Å². The minimum absolute atomic E-state index is 0. The SMILES string of the molecule is O=C([O-])c1coc(CSc2ccccc2)c1.[Na+]. The van der Waals surface area contributed by atoms with E-state index in [4.69, 9.17) is 4.42 Å². The molecule has 82 valence electrons. The summed E-state index contributed by atoms with van der Waals surface area (Å²) in [7, 11) is 0. The predicted octanol–water partition coefficient (Wildman–Crippen LogP) is -1.06. The average molecular weight is 256 g/mol. The zero-order valence-corrected chi connectivity index (χ0v) is 12.2. The number of hydrogen-bond donors (Lipinski definition) is 0. The third kappa shape index (κ3) is 4.24. The smallest absolute Gasteiger partial charge is 0.545 e. The summed E-state index contributed by atoms with van der Waals surface area (Å²) in [5.41, 5.74) is 0.0867. The van der Waals surface area contributed by atoms with E-state index in [9.17, 15) is 9.90 Å². The Morgan fingerprint density at radius 2 is 2.00 bits per heavy atom. The van der Waals surface area contributed by atoms with Crippen LogP contribution in [0.15, 0.2) is 52.0 Å². The van der Waals surface area contributed by atoms with Crippen LogP contribution in [-0.4, -0.2) is 5.97 Å². The van der Waals surface area contributed by atoms with Crippen LogP contribution in [0.3, 0.4) is 0 Å². The molecule has 0 fully saturated rings. The van der Waals surface area contributed by atoms with Crippen molar-refractivity contribution in [3.63, 3.8) is 0 Å². The minimum atomic E-state index is -1.21. The third-order valence-corrected chi connectivity index (χ3v) is 3.05. The van der Waals surface area contributed by atoms with Crippen molar-refractivity contribution in [2.24, 2.45) is 0 Å². The average Bonchev–Trinajstić information content (AvgIpc) is 2.76. The van der Waals surface area contributed by atoms with Gasteiger partial charge in [0, 0.05) is 10.5 Å². The van der Waals surface area contributed by atoms with Gasteiger partial charge in [0.25, 0.3) is 0 Å². The molecular formula is C12H9NaO3S. The Balaban J connectivity index is 0.00000144. The van der Waals surface area contributed by atoms with E-state index >= 15 is 0 Å². The van der Waals surface area contributed by atoms with Gasteiger partial charge in [0.15, 0.2) is 0 Å². The molecule has 0 bridgehead atoms. The Labute approximate surface area is 126 Å². The molecule has 2 rings (SSSR count). The minimum Gasteiger partial charge on any atom is -0.545 e. The molecular weight excluding hydrogens is 247 g/mol. The molecule has 2 aromatic rings. The maximum absolute atomic E-state index is 10.5. The van der Waals surface area contributed by atoms with Gasteiger partial charge in [0.1, 0.15) is 5.76 Å². The zero-order valence-electron chi connectivity index (χ0n) is 9.38. The fourth-order valence-electron chi connectivity index (χ4n) is 1.23. The number of aromatic carboxylic acids is 1. The number of benzene rings is 1. The first-order valence-corrected chi connectivity index (χ1v) is 5.71. The first-order chi connectivity index (χ1) is 7.75. The Hall–Kier alpha value is -0.680. The van der Waals surface area contributed by atoms with Gasteiger partial charge in [-0.3, -0.25) is 0 Å². The van der Waals surface area contributed by atoms with Crippen molar-refractivity contribution in [2.45, 2.75) is 10.6 Å². The fourth-order valence-corrected chi connectivity index (χ4v) is 2.04. The summed E-state index contributed by atoms with van der Waals surface area (Å²) in [4.78, 5) is 11.6. The first kappa shape index (κ1) is 14.4. The van der Waals surface area contributed by atoms with E-state index < -0.39 is 5.97 Å². The molecule has 0 spiro atoms. The standard InChI is InChI=1S/C12H10O3S.Na/c13-12(14)9-6-10(15-7-9)8-16-11-4-2-1-3-5-11;/h1-7H,8H2,(H,13,14);/q;+1/p-1. The Morgan fingerprint density at radius 1 is 1.29 bits per heavy atom. The second-order valence-electron chi connectivity index (χ2n) is 3.19. The zero-order chi connectivity index (χ0) is 11.4. The molecule has 0 atom stereocenters. The van der Waals surface area contributed by atoms with E-state index in [0.29, 0.717) is 11.5 Å². The molecule has 1 heterocycles. The molecule has 0 amide bonds. The van der Waals surface area contributed by atoms with E-state index in [-0.39, 0.29) is 35.1 Å². The number of furan rings is 1. The number of thioether (sulfide) groups is 1. The third-order valence-electron chi connectivity index (χ3n) is 2.01. The second kappa shape index (κ2) is 6.91. The van der Waals surface area contributed by atoms with E-state index in [2.05, 4.69) is 0 Å². The van der Waals surface area contributed by atoms with Crippen molar-refractivity contribution in [3.8, 4) is 0 Å². The molecule has 0 aliphatic carbocycles. The van der Waals surface area contributed by atoms with Crippen molar-refractivity contribution in [1.82, 2.24) is 0 Å². The fraction of sp³-hybridized carbons (Fsp3) is 0.0833. The maximum Gasteiger partial charge on any atom is 1.00 e. The van der Waals surface area contributed by atoms with Crippen LogP contribution in [0.5, 0.6) is 0 Å². The Morgan fingerprint density at radius 3 is 2.59 bits per heavy atom. The summed E-state index contributed by atoms with van der Waals surface area (Å²) in [5, 5.41) is 10.5. The summed E-state index contributed by atoms with van der Waals surface area (Å²) >= 11 is 1.59. The monoisotopic (exact) mass is 256 g/mol. The largest absolute Gasteiger partial charge is 1.00 e. The molecule has 0 saturated carbocycles. The number of carbonyl (C=O) groups is 1. The van der Waals surface area contributed by atoms with Gasteiger partial charge in [-0.25, -0.2) is 0 Å². The number of rotatable bonds is 4. The molecule has 17 heavy (non-hydrogen) atoms. The summed E-state index contributed by atoms with van der Waals surface area (Å²) in [6, 6.07) is 11.3. The van der Waals surface area contributed by atoms with Gasteiger partial charge >= 0.3 is 29.6 Å². The molecule has 0 saturated heterocycles. The van der Waals surface area contributed by atoms with E-state index in [0.717, 1.165) is 4.90 Å². The van der Waals surface area contributed by atoms with Gasteiger partial charge < -0.3 is 14.3 Å². The number of carboxylic acid groups (broad SMARTS) is 1. The van der Waals surface area contributed by atoms with Crippen LogP contribution in [0, 0.1) is 0 Å². The molecule has 0 radical (unpaired) electrons. The van der Waals surface area contributed by atoms with Crippen molar-refractivity contribution < 1.29 is 43.9 Å². The molecule has 0 N–H and O–H groups in total. The van der Waals surface area contributed by atoms with Gasteiger partial charge in [0.05, 0.1) is 18.0 Å². The second-order valence-corrected chi connectivity index (χ2v) is 4.24. The summed E-state index contributed by atoms with van der Waals surface area (Å²) in [6.45, 7) is 0. The van der Waals surface area contributed by atoms with Gasteiger partial charge in [0.2, 0.25) is 0 Å². The van der Waals surface area contributed by atoms with Crippen LogP contribution >= 0.6 is 11.8 Å². The number of carboxylic acids is 1. The summed E-state index contributed by atoms with van der Waals surface area (Å²) < 4.78 is 5.11. The number of hydrogen-bond acceptors (Lipinski definition) is 4. The molecule has 1 aromatic carbocycles. The van der Waals surface area contributed by atoms with Gasteiger partial charge in [-0.2, -0.15) is 0 Å². The first-order valence-electron chi connectivity index (χ1n) is 4.72. The van der Waals surface area contributed by atoms with Gasteiger partial charge in [-0.1, -0.05) is 18.2 Å². The Kier molecular flexibility index (Phi) is 5.85. The van der Waals surface area contributed by atoms with Crippen molar-refractivity contribution in [3.05, 3.63) is 54.0 Å². The van der Waals surface area contributed by atoms with E-state index in [1.165, 1.54) is 12.3 Å². The molecule has 0 aliphatic heterocycles. The van der Waals surface area contributed by atoms with Gasteiger partial charge in [-0.15, -0.1) is 11.8 Å². The molecule has 0 unspecified atom stereocenters. The quantitative estimate of drug-likeness (QED) is 0.517. The maximum atomic E-state index is 10.5. The Bertz CT molecular complexity index is 482. The van der Waals surface area contributed by atoms with E-state index in [1.54, 1.807) is 11.8 Å². The van der Waals surface area contributed by atoms with Gasteiger partial charge in [-0.05, 0) is 18.2 Å². The van der Waals surface area contributed by atoms with Crippen LogP contribution < -0.4 is 34.7 Å².